The minimum Gasteiger partial charge on any atom is -0.390 e. The van der Waals surface area contributed by atoms with E-state index in [2.05, 4.69) is 10.4 Å². The first-order valence-corrected chi connectivity index (χ1v) is 10.1. The van der Waals surface area contributed by atoms with Crippen molar-refractivity contribution in [2.45, 2.75) is 56.9 Å². The maximum Gasteiger partial charge on any atom is 0.435 e. The van der Waals surface area contributed by atoms with Crippen LogP contribution in [-0.4, -0.2) is 39.1 Å². The third-order valence-electron chi connectivity index (χ3n) is 6.34. The summed E-state index contributed by atoms with van der Waals surface area (Å²) in [6, 6.07) is 3.29. The Bertz CT molecular complexity index is 1080. The second-order valence-corrected chi connectivity index (χ2v) is 8.66. The van der Waals surface area contributed by atoms with E-state index in [1.54, 1.807) is 0 Å². The zero-order valence-electron chi connectivity index (χ0n) is 17.6. The van der Waals surface area contributed by atoms with E-state index in [4.69, 9.17) is 4.74 Å². The molecule has 0 aliphatic carbocycles. The average Bonchev–Trinajstić information content (AvgIpc) is 3.34. The molecule has 0 spiro atoms. The molecule has 2 bridgehead atoms. The summed E-state index contributed by atoms with van der Waals surface area (Å²) in [7, 11) is 1.32. The number of aromatic nitrogens is 2. The smallest absolute Gasteiger partial charge is 0.390 e. The van der Waals surface area contributed by atoms with Crippen molar-refractivity contribution < 1.29 is 41.0 Å². The van der Waals surface area contributed by atoms with Gasteiger partial charge in [-0.25, -0.2) is 0 Å². The Morgan fingerprint density at radius 2 is 1.97 bits per heavy atom. The van der Waals surface area contributed by atoms with Gasteiger partial charge in [-0.05, 0) is 37.5 Å². The summed E-state index contributed by atoms with van der Waals surface area (Å²) in [6.07, 6.45) is -11.2. The topological polar surface area (TPSA) is 76.4 Å². The summed E-state index contributed by atoms with van der Waals surface area (Å²) in [4.78, 5) is 13.4. The van der Waals surface area contributed by atoms with Gasteiger partial charge in [0.2, 0.25) is 5.91 Å². The van der Waals surface area contributed by atoms with E-state index >= 15 is 0 Å². The fourth-order valence-corrected chi connectivity index (χ4v) is 4.77. The highest BCUT2D eigenvalue weighted by Crippen LogP contribution is 2.51. The normalized spacial score (nSPS) is 27.2. The Kier molecular flexibility index (Phi) is 5.51. The lowest BCUT2D eigenvalue weighted by Crippen LogP contribution is -2.48. The number of rotatable bonds is 4. The summed E-state index contributed by atoms with van der Waals surface area (Å²) in [5.41, 5.74) is -3.99. The Balaban J connectivity index is 1.69. The number of anilines is 1. The fourth-order valence-electron chi connectivity index (χ4n) is 4.77. The van der Waals surface area contributed by atoms with Crippen LogP contribution in [0.15, 0.2) is 24.4 Å². The minimum absolute atomic E-state index is 0.0292. The molecule has 2 aromatic rings. The molecule has 2 N–H and O–H groups in total. The molecule has 180 valence electrons. The van der Waals surface area contributed by atoms with Gasteiger partial charge in [0.1, 0.15) is 0 Å². The number of carbonyl (C=O) groups excluding carboxylic acids is 1. The van der Waals surface area contributed by atoms with Gasteiger partial charge in [0.05, 0.1) is 29.3 Å². The van der Waals surface area contributed by atoms with Crippen molar-refractivity contribution in [3.8, 4) is 0 Å². The standard InChI is InChI=1S/C21H21F6N3O3/c1-10-3-4-12(5-13(10)20(22,23)24)28-18(32)19(8-15-14(31)6-16(19)33-15)7-11-9-30(2)29-17(11)21(25,26)27/h3-5,9,14-16,31H,6-8H2,1-2H3,(H,28,32)/t14-,15+,16+,19-/m0/s1. The van der Waals surface area contributed by atoms with E-state index in [-0.39, 0.29) is 29.7 Å². The van der Waals surface area contributed by atoms with Gasteiger partial charge in [0.25, 0.3) is 0 Å². The van der Waals surface area contributed by atoms with E-state index in [0.29, 0.717) is 0 Å². The summed E-state index contributed by atoms with van der Waals surface area (Å²) in [5, 5.41) is 16.0. The second kappa shape index (κ2) is 7.73. The molecule has 12 heteroatoms. The Labute approximate surface area is 184 Å². The number of hydrogen-bond donors (Lipinski definition) is 2. The summed E-state index contributed by atoms with van der Waals surface area (Å²) in [6.45, 7) is 1.28. The van der Waals surface area contributed by atoms with Crippen LogP contribution in [0.5, 0.6) is 0 Å². The number of carbonyl (C=O) groups is 1. The second-order valence-electron chi connectivity index (χ2n) is 8.66. The molecule has 4 atom stereocenters. The maximum atomic E-state index is 13.5. The molecule has 0 unspecified atom stereocenters. The van der Waals surface area contributed by atoms with E-state index in [9.17, 15) is 36.2 Å². The summed E-state index contributed by atoms with van der Waals surface area (Å²) >= 11 is 0. The summed E-state index contributed by atoms with van der Waals surface area (Å²) < 4.78 is 87.0. The molecule has 2 saturated heterocycles. The van der Waals surface area contributed by atoms with Gasteiger partial charge in [-0.2, -0.15) is 31.4 Å². The van der Waals surface area contributed by atoms with Crippen LogP contribution in [0.4, 0.5) is 32.0 Å². The van der Waals surface area contributed by atoms with Gasteiger partial charge >= 0.3 is 12.4 Å². The van der Waals surface area contributed by atoms with Gasteiger partial charge in [0, 0.05) is 30.9 Å². The number of fused-ring (bicyclic) bond motifs is 2. The van der Waals surface area contributed by atoms with Gasteiger partial charge in [-0.3, -0.25) is 9.48 Å². The van der Waals surface area contributed by atoms with Crippen LogP contribution in [0.25, 0.3) is 0 Å². The van der Waals surface area contributed by atoms with Gasteiger partial charge in [0.15, 0.2) is 5.69 Å². The number of halogens is 6. The predicted molar refractivity (Wildman–Crippen MR) is 103 cm³/mol. The molecule has 33 heavy (non-hydrogen) atoms. The molecule has 2 aliphatic heterocycles. The largest absolute Gasteiger partial charge is 0.435 e. The van der Waals surface area contributed by atoms with Crippen molar-refractivity contribution in [3.63, 3.8) is 0 Å². The Morgan fingerprint density at radius 3 is 2.52 bits per heavy atom. The van der Waals surface area contributed by atoms with Crippen LogP contribution < -0.4 is 5.32 Å². The van der Waals surface area contributed by atoms with E-state index in [1.165, 1.54) is 26.1 Å². The fraction of sp³-hybridized carbons (Fsp3) is 0.524. The molecular formula is C21H21F6N3O3. The first-order chi connectivity index (χ1) is 15.2. The number of amides is 1. The number of benzene rings is 1. The van der Waals surface area contributed by atoms with Crippen molar-refractivity contribution in [2.24, 2.45) is 12.5 Å². The zero-order chi connectivity index (χ0) is 24.3. The number of ether oxygens (including phenoxy) is 1. The van der Waals surface area contributed by atoms with Crippen molar-refractivity contribution >= 4 is 11.6 Å². The SMILES string of the molecule is Cc1ccc(NC(=O)[C@@]2(Cc3cn(C)nc3C(F)(F)F)C[C@H]3O[C@@H]2C[C@@H]3O)cc1C(F)(F)F. The number of nitrogens with one attached hydrogen (secondary N) is 1. The van der Waals surface area contributed by atoms with E-state index < -0.39 is 59.7 Å². The first kappa shape index (κ1) is 23.6. The Hall–Kier alpha value is -2.60. The molecule has 6 nitrogen and oxygen atoms in total. The van der Waals surface area contributed by atoms with Crippen LogP contribution in [0.1, 0.15) is 35.2 Å². The molecule has 0 saturated carbocycles. The van der Waals surface area contributed by atoms with Crippen molar-refractivity contribution in [1.29, 1.82) is 0 Å². The van der Waals surface area contributed by atoms with Crippen molar-refractivity contribution in [3.05, 3.63) is 46.8 Å². The van der Waals surface area contributed by atoms with E-state index in [0.717, 1.165) is 16.9 Å². The predicted octanol–water partition coefficient (Wildman–Crippen LogP) is 3.86. The third kappa shape index (κ3) is 4.21. The van der Waals surface area contributed by atoms with Crippen molar-refractivity contribution in [1.82, 2.24) is 9.78 Å². The molecular weight excluding hydrogens is 456 g/mol. The van der Waals surface area contributed by atoms with Gasteiger partial charge in [-0.1, -0.05) is 6.07 Å². The number of alkyl halides is 6. The molecule has 3 heterocycles. The highest BCUT2D eigenvalue weighted by Gasteiger charge is 2.60. The number of aliphatic hydroxyl groups excluding tert-OH is 1. The zero-order valence-corrected chi connectivity index (χ0v) is 17.6. The molecule has 2 aliphatic rings. The molecule has 1 aromatic heterocycles. The minimum atomic E-state index is -4.76. The molecule has 2 fully saturated rings. The van der Waals surface area contributed by atoms with Crippen LogP contribution in [0, 0.1) is 12.3 Å². The highest BCUT2D eigenvalue weighted by atomic mass is 19.4. The lowest BCUT2D eigenvalue weighted by Gasteiger charge is -2.35. The number of nitrogens with zero attached hydrogens (tertiary/aromatic N) is 2. The molecule has 4 rings (SSSR count). The van der Waals surface area contributed by atoms with Crippen LogP contribution in [0.3, 0.4) is 0 Å². The first-order valence-electron chi connectivity index (χ1n) is 10.1. The average molecular weight is 477 g/mol. The quantitative estimate of drug-likeness (QED) is 0.656. The maximum absolute atomic E-state index is 13.5. The number of hydrogen-bond acceptors (Lipinski definition) is 4. The monoisotopic (exact) mass is 477 g/mol. The van der Waals surface area contributed by atoms with Crippen molar-refractivity contribution in [2.75, 3.05) is 5.32 Å². The number of aryl methyl sites for hydroxylation is 2. The van der Waals surface area contributed by atoms with Crippen LogP contribution >= 0.6 is 0 Å². The van der Waals surface area contributed by atoms with Gasteiger partial charge < -0.3 is 15.2 Å². The molecule has 0 radical (unpaired) electrons. The van der Waals surface area contributed by atoms with Gasteiger partial charge in [-0.15, -0.1) is 0 Å². The van der Waals surface area contributed by atoms with Crippen LogP contribution in [-0.2, 0) is 35.4 Å². The lowest BCUT2D eigenvalue weighted by atomic mass is 9.68. The summed E-state index contributed by atoms with van der Waals surface area (Å²) in [5.74, 6) is -0.768. The third-order valence-corrected chi connectivity index (χ3v) is 6.34. The van der Waals surface area contributed by atoms with Crippen LogP contribution in [0.2, 0.25) is 0 Å². The molecule has 1 amide bonds. The molecule has 1 aromatic carbocycles. The van der Waals surface area contributed by atoms with E-state index in [1.807, 2.05) is 0 Å². The Morgan fingerprint density at radius 1 is 1.27 bits per heavy atom. The lowest BCUT2D eigenvalue weighted by molar-refractivity contribution is -0.143. The number of aliphatic hydroxyl groups is 1. The highest BCUT2D eigenvalue weighted by molar-refractivity contribution is 5.96.